The van der Waals surface area contributed by atoms with Gasteiger partial charge in [-0.3, -0.25) is 14.3 Å². The number of hydrogen-bond donors (Lipinski definition) is 2. The first-order chi connectivity index (χ1) is 11.8. The Balaban J connectivity index is 2.04. The average Bonchev–Trinajstić information content (AvgIpc) is 2.98. The Morgan fingerprint density at radius 2 is 1.92 bits per heavy atom. The minimum atomic E-state index is -0.869. The van der Waals surface area contributed by atoms with E-state index in [0.717, 1.165) is 11.3 Å². The zero-order valence-electron chi connectivity index (χ0n) is 15.0. The molecule has 6 heteroatoms. The molecule has 0 saturated heterocycles. The molecule has 1 amide bonds. The summed E-state index contributed by atoms with van der Waals surface area (Å²) in [6.45, 7) is 6.21. The molecule has 0 aliphatic heterocycles. The standard InChI is InChI=1S/C19H25N3O3/c1-4-16-15(17(23)20-11-10-19(2,3)18(24)25)12-21-22(16)13-14-8-6-5-7-9-14/h5-9,12H,4,10-11,13H2,1-3H3,(H,20,23)(H,24,25). The van der Waals surface area contributed by atoms with Gasteiger partial charge in [-0.25, -0.2) is 0 Å². The molecule has 0 spiro atoms. The van der Waals surface area contributed by atoms with Crippen LogP contribution < -0.4 is 5.32 Å². The molecule has 0 aliphatic carbocycles. The molecule has 1 aromatic carbocycles. The van der Waals surface area contributed by atoms with Gasteiger partial charge in [0.25, 0.3) is 5.91 Å². The maximum absolute atomic E-state index is 12.4. The topological polar surface area (TPSA) is 84.2 Å². The number of amides is 1. The van der Waals surface area contributed by atoms with Crippen molar-refractivity contribution in [2.75, 3.05) is 6.54 Å². The van der Waals surface area contributed by atoms with E-state index in [4.69, 9.17) is 5.11 Å². The van der Waals surface area contributed by atoms with Gasteiger partial charge in [0, 0.05) is 6.54 Å². The predicted molar refractivity (Wildman–Crippen MR) is 95.5 cm³/mol. The molecule has 2 N–H and O–H groups in total. The highest BCUT2D eigenvalue weighted by atomic mass is 16.4. The summed E-state index contributed by atoms with van der Waals surface area (Å²) in [7, 11) is 0. The Labute approximate surface area is 147 Å². The van der Waals surface area contributed by atoms with Gasteiger partial charge in [-0.05, 0) is 32.3 Å². The number of carbonyl (C=O) groups is 2. The van der Waals surface area contributed by atoms with Gasteiger partial charge in [-0.15, -0.1) is 0 Å². The van der Waals surface area contributed by atoms with Crippen molar-refractivity contribution in [3.63, 3.8) is 0 Å². The first-order valence-corrected chi connectivity index (χ1v) is 8.45. The van der Waals surface area contributed by atoms with E-state index in [0.29, 0.717) is 31.5 Å². The molecule has 0 saturated carbocycles. The van der Waals surface area contributed by atoms with Crippen LogP contribution in [-0.4, -0.2) is 33.3 Å². The van der Waals surface area contributed by atoms with Crippen LogP contribution in [-0.2, 0) is 17.8 Å². The van der Waals surface area contributed by atoms with Crippen LogP contribution in [0, 0.1) is 5.41 Å². The third-order valence-corrected chi connectivity index (χ3v) is 4.32. The number of aromatic nitrogens is 2. The van der Waals surface area contributed by atoms with E-state index in [1.165, 1.54) is 0 Å². The SMILES string of the molecule is CCc1c(C(=O)NCCC(C)(C)C(=O)O)cnn1Cc1ccccc1. The van der Waals surface area contributed by atoms with E-state index in [-0.39, 0.29) is 5.91 Å². The smallest absolute Gasteiger partial charge is 0.309 e. The Kier molecular flexibility index (Phi) is 5.96. The molecule has 1 aromatic heterocycles. The summed E-state index contributed by atoms with van der Waals surface area (Å²) < 4.78 is 1.84. The molecule has 134 valence electrons. The molecule has 0 fully saturated rings. The molecule has 0 unspecified atom stereocenters. The lowest BCUT2D eigenvalue weighted by molar-refractivity contribution is -0.147. The second-order valence-electron chi connectivity index (χ2n) is 6.70. The molecular weight excluding hydrogens is 318 g/mol. The van der Waals surface area contributed by atoms with Crippen molar-refractivity contribution >= 4 is 11.9 Å². The summed E-state index contributed by atoms with van der Waals surface area (Å²) in [5, 5.41) is 16.3. The third-order valence-electron chi connectivity index (χ3n) is 4.32. The lowest BCUT2D eigenvalue weighted by Gasteiger charge is -2.18. The van der Waals surface area contributed by atoms with E-state index in [1.54, 1.807) is 20.0 Å². The normalized spacial score (nSPS) is 11.3. The van der Waals surface area contributed by atoms with E-state index in [9.17, 15) is 9.59 Å². The molecule has 6 nitrogen and oxygen atoms in total. The summed E-state index contributed by atoms with van der Waals surface area (Å²) in [6.07, 6.45) is 2.64. The number of aliphatic carboxylic acids is 1. The second kappa shape index (κ2) is 7.96. The predicted octanol–water partition coefficient (Wildman–Crippen LogP) is 2.72. The Hall–Kier alpha value is -2.63. The summed E-state index contributed by atoms with van der Waals surface area (Å²) in [5.74, 6) is -1.08. The number of carboxylic acid groups (broad SMARTS) is 1. The fourth-order valence-electron chi connectivity index (χ4n) is 2.56. The fourth-order valence-corrected chi connectivity index (χ4v) is 2.56. The highest BCUT2D eigenvalue weighted by Gasteiger charge is 2.27. The Morgan fingerprint density at radius 1 is 1.24 bits per heavy atom. The van der Waals surface area contributed by atoms with Crippen LogP contribution in [0.25, 0.3) is 0 Å². The van der Waals surface area contributed by atoms with Gasteiger partial charge < -0.3 is 10.4 Å². The summed E-state index contributed by atoms with van der Waals surface area (Å²) in [5.41, 5.74) is 1.68. The van der Waals surface area contributed by atoms with Gasteiger partial charge >= 0.3 is 5.97 Å². The maximum atomic E-state index is 12.4. The number of carbonyl (C=O) groups excluding carboxylic acids is 1. The van der Waals surface area contributed by atoms with Gasteiger partial charge in [0.15, 0.2) is 0 Å². The summed E-state index contributed by atoms with van der Waals surface area (Å²) >= 11 is 0. The van der Waals surface area contributed by atoms with Gasteiger partial charge in [-0.2, -0.15) is 5.10 Å². The van der Waals surface area contributed by atoms with Crippen molar-refractivity contribution in [2.45, 2.75) is 40.2 Å². The zero-order valence-corrected chi connectivity index (χ0v) is 15.0. The molecule has 0 atom stereocenters. The monoisotopic (exact) mass is 343 g/mol. The molecule has 1 heterocycles. The maximum Gasteiger partial charge on any atom is 0.309 e. The first-order valence-electron chi connectivity index (χ1n) is 8.45. The van der Waals surface area contributed by atoms with Crippen LogP contribution in [0.5, 0.6) is 0 Å². The van der Waals surface area contributed by atoms with Crippen molar-refractivity contribution in [3.8, 4) is 0 Å². The van der Waals surface area contributed by atoms with Crippen LogP contribution in [0.2, 0.25) is 0 Å². The zero-order chi connectivity index (χ0) is 18.4. The van der Waals surface area contributed by atoms with E-state index < -0.39 is 11.4 Å². The molecular formula is C19H25N3O3. The van der Waals surface area contributed by atoms with E-state index in [2.05, 4.69) is 10.4 Å². The van der Waals surface area contributed by atoms with Crippen LogP contribution in [0.4, 0.5) is 0 Å². The van der Waals surface area contributed by atoms with E-state index in [1.807, 2.05) is 41.9 Å². The largest absolute Gasteiger partial charge is 0.481 e. The number of benzene rings is 1. The number of nitrogens with zero attached hydrogens (tertiary/aromatic N) is 2. The molecule has 2 aromatic rings. The Morgan fingerprint density at radius 3 is 2.52 bits per heavy atom. The summed E-state index contributed by atoms with van der Waals surface area (Å²) in [6, 6.07) is 9.96. The number of nitrogens with one attached hydrogen (secondary N) is 1. The van der Waals surface area contributed by atoms with Crippen molar-refractivity contribution in [1.82, 2.24) is 15.1 Å². The van der Waals surface area contributed by atoms with Gasteiger partial charge in [0.2, 0.25) is 0 Å². The highest BCUT2D eigenvalue weighted by Crippen LogP contribution is 2.19. The quantitative estimate of drug-likeness (QED) is 0.772. The number of carboxylic acids is 1. The highest BCUT2D eigenvalue weighted by molar-refractivity contribution is 5.95. The third kappa shape index (κ3) is 4.68. The molecule has 0 aliphatic rings. The lowest BCUT2D eigenvalue weighted by Crippen LogP contribution is -2.32. The Bertz CT molecular complexity index is 736. The molecule has 2 rings (SSSR count). The minimum absolute atomic E-state index is 0.211. The van der Waals surface area contributed by atoms with Crippen molar-refractivity contribution in [1.29, 1.82) is 0 Å². The van der Waals surface area contributed by atoms with Gasteiger partial charge in [0.1, 0.15) is 0 Å². The first kappa shape index (κ1) is 18.7. The van der Waals surface area contributed by atoms with E-state index >= 15 is 0 Å². The van der Waals surface area contributed by atoms with Crippen molar-refractivity contribution < 1.29 is 14.7 Å². The van der Waals surface area contributed by atoms with Crippen LogP contribution >= 0.6 is 0 Å². The minimum Gasteiger partial charge on any atom is -0.481 e. The van der Waals surface area contributed by atoms with Crippen molar-refractivity contribution in [3.05, 3.63) is 53.3 Å². The molecule has 0 bridgehead atoms. The molecule has 0 radical (unpaired) electrons. The van der Waals surface area contributed by atoms with Crippen molar-refractivity contribution in [2.24, 2.45) is 5.41 Å². The van der Waals surface area contributed by atoms with Gasteiger partial charge in [0.05, 0.1) is 29.4 Å². The number of hydrogen-bond acceptors (Lipinski definition) is 3. The summed E-state index contributed by atoms with van der Waals surface area (Å²) in [4.78, 5) is 23.6. The van der Waals surface area contributed by atoms with Crippen LogP contribution in [0.1, 0.15) is 48.8 Å². The van der Waals surface area contributed by atoms with Crippen LogP contribution in [0.15, 0.2) is 36.5 Å². The number of rotatable bonds is 8. The molecule has 25 heavy (non-hydrogen) atoms. The average molecular weight is 343 g/mol. The fraction of sp³-hybridized carbons (Fsp3) is 0.421. The van der Waals surface area contributed by atoms with Crippen LogP contribution in [0.3, 0.4) is 0 Å². The lowest BCUT2D eigenvalue weighted by atomic mass is 9.90. The van der Waals surface area contributed by atoms with Gasteiger partial charge in [-0.1, -0.05) is 37.3 Å². The second-order valence-corrected chi connectivity index (χ2v) is 6.70.